The van der Waals surface area contributed by atoms with Crippen LogP contribution in [0.15, 0.2) is 146 Å². The molecule has 0 bridgehead atoms. The van der Waals surface area contributed by atoms with Crippen molar-refractivity contribution in [3.8, 4) is 0 Å². The van der Waals surface area contributed by atoms with Crippen LogP contribution in [-0.2, 0) is 77.9 Å². The van der Waals surface area contributed by atoms with Crippen molar-refractivity contribution < 1.29 is 141 Å². The van der Waals surface area contributed by atoms with E-state index >= 15 is 0 Å². The van der Waals surface area contributed by atoms with Crippen molar-refractivity contribution in [3.05, 3.63) is 179 Å². The first-order chi connectivity index (χ1) is 20.2. The minimum Gasteiger partial charge on any atom is -0.673 e. The van der Waals surface area contributed by atoms with Gasteiger partial charge >= 0.3 is 0 Å². The maximum Gasteiger partial charge on any atom is 0.178 e. The van der Waals surface area contributed by atoms with Crippen molar-refractivity contribution in [1.29, 1.82) is 0 Å². The summed E-state index contributed by atoms with van der Waals surface area (Å²) in [5.41, 5.74) is 2.10. The quantitative estimate of drug-likeness (QED) is 0.108. The first-order valence-electron chi connectivity index (χ1n) is 12.6. The molecular weight excluding hydrogens is 1020 g/mol. The Morgan fingerprint density at radius 2 is 0.420 bits per heavy atom. The second-order valence-electron chi connectivity index (χ2n) is 8.03. The largest absolute Gasteiger partial charge is 0.673 e. The van der Waals surface area contributed by atoms with E-state index in [1.807, 2.05) is 24.3 Å². The Morgan fingerprint density at radius 1 is 0.280 bits per heavy atom. The number of hydrogen-bond acceptors (Lipinski definition) is 8. The fourth-order valence-corrected chi connectivity index (χ4v) is 2.75. The number of hydrogen-bond donors (Lipinski definition) is 8. The first-order valence-corrected chi connectivity index (χ1v) is 12.6. The molecule has 1 aliphatic rings. The number of aliphatic hydroxyl groups excluding tert-OH is 4. The first kappa shape index (κ1) is 66.2. The van der Waals surface area contributed by atoms with Crippen molar-refractivity contribution in [2.75, 3.05) is 0 Å². The van der Waals surface area contributed by atoms with E-state index < -0.39 is 25.2 Å². The smallest absolute Gasteiger partial charge is 0.178 e. The average Bonchev–Trinajstić information content (AvgIpc) is 3.05. The van der Waals surface area contributed by atoms with Crippen molar-refractivity contribution >= 4 is 0 Å². The second-order valence-corrected chi connectivity index (χ2v) is 8.03. The maximum absolute atomic E-state index is 8.58. The Kier molecular flexibility index (Phi) is 57.2. The Hall–Kier alpha value is -2.03. The van der Waals surface area contributed by atoms with Crippen LogP contribution in [0.3, 0.4) is 0 Å². The van der Waals surface area contributed by atoms with Gasteiger partial charge in [0.25, 0.3) is 0 Å². The summed E-state index contributed by atoms with van der Waals surface area (Å²) in [6.45, 7) is 0. The van der Waals surface area contributed by atoms with Gasteiger partial charge in [0.2, 0.25) is 0 Å². The Labute approximate surface area is 342 Å². The molecule has 0 spiro atoms. The van der Waals surface area contributed by atoms with Gasteiger partial charge in [0.15, 0.2) is 25.2 Å². The normalized spacial score (nSPS) is 9.20. The van der Waals surface area contributed by atoms with Gasteiger partial charge < -0.3 is 73.4 Å². The van der Waals surface area contributed by atoms with Crippen molar-refractivity contribution in [1.82, 2.24) is 0 Å². The van der Waals surface area contributed by atoms with Crippen LogP contribution in [0.4, 0.5) is 0 Å². The average molecular weight is 1060 g/mol. The van der Waals surface area contributed by atoms with Gasteiger partial charge in [-0.3, -0.25) is 0 Å². The van der Waals surface area contributed by atoms with Gasteiger partial charge in [0.05, 0.1) is 0 Å². The minimum absolute atomic E-state index is 0. The maximum atomic E-state index is 8.58. The third-order valence-corrected chi connectivity index (χ3v) is 4.87. The zero-order valence-electron chi connectivity index (χ0n) is 26.0. The molecule has 0 saturated heterocycles. The van der Waals surface area contributed by atoms with Gasteiger partial charge in [-0.2, -0.15) is 24.8 Å². The van der Waals surface area contributed by atoms with E-state index in [0.29, 0.717) is 22.3 Å². The summed E-state index contributed by atoms with van der Waals surface area (Å²) in [5.74, 6) is 0. The predicted molar refractivity (Wildman–Crippen MR) is 174 cm³/mol. The van der Waals surface area contributed by atoms with E-state index in [4.69, 9.17) is 40.9 Å². The zero-order chi connectivity index (χ0) is 31.0. The van der Waals surface area contributed by atoms with Gasteiger partial charge in [0, 0.05) is 100 Å². The molecule has 0 atom stereocenters. The molecular formula is C32H44N2O12Rh4-2. The fraction of sp³-hybridized carbons (Fsp3) is 0.125. The van der Waals surface area contributed by atoms with Crippen molar-refractivity contribution in [2.45, 2.75) is 25.2 Å². The molecule has 50 heavy (non-hydrogen) atoms. The monoisotopic (exact) mass is 1060 g/mol. The summed E-state index contributed by atoms with van der Waals surface area (Å²) in [6.07, 6.45) is 1.19. The molecule has 4 aromatic carbocycles. The Balaban J connectivity index is -0.0000000710. The van der Waals surface area contributed by atoms with Crippen LogP contribution >= 0.6 is 0 Å². The molecule has 0 amide bonds. The molecule has 4 aromatic rings. The molecule has 0 aromatic heterocycles. The molecule has 0 unspecified atom stereocenters. The summed E-state index contributed by atoms with van der Waals surface area (Å²) in [7, 11) is 0. The van der Waals surface area contributed by atoms with Gasteiger partial charge in [-0.15, -0.1) is 0 Å². The summed E-state index contributed by atoms with van der Waals surface area (Å²) >= 11 is 0. The zero-order valence-corrected chi connectivity index (χ0v) is 32.5. The van der Waals surface area contributed by atoms with Crippen LogP contribution in [0.2, 0.25) is 0 Å². The number of nitrogens with zero attached hydrogens (tertiary/aromatic N) is 2. The second kappa shape index (κ2) is 43.1. The molecule has 0 saturated carbocycles. The summed E-state index contributed by atoms with van der Waals surface area (Å²) in [4.78, 5) is 0. The molecule has 4 radical (unpaired) electrons. The molecule has 0 aliphatic carbocycles. The SMILES string of the molecule is C1=C[N-]C=C[N-]1.O.O.O.O.OC(O)c1ccccc1.OC(O)c1ccccc1.OC(O)c1ccccc1.OC(O)c1ccccc1.[Rh].[Rh].[Rh].[Rh]. The number of rotatable bonds is 4. The van der Waals surface area contributed by atoms with Crippen molar-refractivity contribution in [3.63, 3.8) is 0 Å². The molecule has 1 heterocycles. The van der Waals surface area contributed by atoms with Gasteiger partial charge in [0.1, 0.15) is 0 Å². The van der Waals surface area contributed by atoms with Crippen LogP contribution in [0, 0.1) is 0 Å². The van der Waals surface area contributed by atoms with Crippen LogP contribution in [-0.4, -0.2) is 62.8 Å². The molecule has 16 N–H and O–H groups in total. The van der Waals surface area contributed by atoms with Gasteiger partial charge in [-0.05, 0) is 0 Å². The molecule has 14 nitrogen and oxygen atoms in total. The summed E-state index contributed by atoms with van der Waals surface area (Å²) in [6, 6.07) is 34.6. The van der Waals surface area contributed by atoms with E-state index in [9.17, 15) is 0 Å². The van der Waals surface area contributed by atoms with Crippen LogP contribution in [0.1, 0.15) is 47.4 Å². The Bertz CT molecular complexity index is 1060. The van der Waals surface area contributed by atoms with Crippen LogP contribution in [0.5, 0.6) is 0 Å². The standard InChI is InChI=1S/4C7H8O2.C4H4N2.4H2O.4Rh/c4*8-7(9)6-4-2-1-3-5-6;1-2-6-4-3-5-1;;;;;;;;/h4*1-5,7-9H;1-4H;4*1H2;;;;/q;;;;-2;;;;;;;;. The molecule has 18 heteroatoms. The number of benzene rings is 4. The summed E-state index contributed by atoms with van der Waals surface area (Å²) in [5, 5.41) is 76.1. The van der Waals surface area contributed by atoms with E-state index in [1.165, 1.54) is 0 Å². The molecule has 292 valence electrons. The Morgan fingerprint density at radius 3 is 0.500 bits per heavy atom. The topological polar surface area (TPSA) is 316 Å². The summed E-state index contributed by atoms with van der Waals surface area (Å²) < 4.78 is 0. The third-order valence-electron chi connectivity index (χ3n) is 4.87. The van der Waals surface area contributed by atoms with E-state index in [0.717, 1.165) is 0 Å². The van der Waals surface area contributed by atoms with Crippen molar-refractivity contribution in [2.24, 2.45) is 0 Å². The fourth-order valence-electron chi connectivity index (χ4n) is 2.75. The van der Waals surface area contributed by atoms with E-state index in [-0.39, 0.29) is 99.8 Å². The molecule has 0 fully saturated rings. The van der Waals surface area contributed by atoms with Gasteiger partial charge in [-0.1, -0.05) is 121 Å². The van der Waals surface area contributed by atoms with Gasteiger partial charge in [-0.25, -0.2) is 0 Å². The molecule has 5 rings (SSSR count). The molecule has 1 aliphatic heterocycles. The minimum atomic E-state index is -1.34. The number of aliphatic hydroxyl groups is 8. The predicted octanol–water partition coefficient (Wildman–Crippen LogP) is 1.06. The van der Waals surface area contributed by atoms with Crippen LogP contribution < -0.4 is 0 Å². The third kappa shape index (κ3) is 34.4. The van der Waals surface area contributed by atoms with E-state index in [2.05, 4.69) is 10.6 Å². The van der Waals surface area contributed by atoms with Crippen LogP contribution in [0.25, 0.3) is 10.6 Å². The van der Waals surface area contributed by atoms with E-state index in [1.54, 1.807) is 122 Å².